The van der Waals surface area contributed by atoms with E-state index in [4.69, 9.17) is 0 Å². The molecule has 0 aromatic rings. The highest BCUT2D eigenvalue weighted by Crippen LogP contribution is 2.51. The summed E-state index contributed by atoms with van der Waals surface area (Å²) in [6.45, 7) is 9.32. The van der Waals surface area contributed by atoms with Crippen LogP contribution >= 0.6 is 0 Å². The second kappa shape index (κ2) is 3.61. The molecule has 1 N–H and O–H groups in total. The Balaban J connectivity index is 2.72. The van der Waals surface area contributed by atoms with Gasteiger partial charge in [0.15, 0.2) is 0 Å². The summed E-state index contributed by atoms with van der Waals surface area (Å²) in [7, 11) is 0. The zero-order chi connectivity index (χ0) is 10.1. The van der Waals surface area contributed by atoms with E-state index in [0.717, 1.165) is 12.8 Å². The van der Waals surface area contributed by atoms with Crippen molar-refractivity contribution in [3.8, 4) is 0 Å². The topological polar surface area (TPSA) is 20.2 Å². The molecule has 1 fully saturated rings. The lowest BCUT2D eigenvalue weighted by Gasteiger charge is -2.48. The highest BCUT2D eigenvalue weighted by atomic mass is 16.3. The van der Waals surface area contributed by atoms with Gasteiger partial charge in [0.25, 0.3) is 0 Å². The van der Waals surface area contributed by atoms with Gasteiger partial charge in [-0.1, -0.05) is 27.7 Å². The van der Waals surface area contributed by atoms with Gasteiger partial charge in [-0.3, -0.25) is 0 Å². The summed E-state index contributed by atoms with van der Waals surface area (Å²) in [6.07, 6.45) is 5.64. The maximum absolute atomic E-state index is 9.50. The van der Waals surface area contributed by atoms with E-state index >= 15 is 0 Å². The number of rotatable bonds is 1. The lowest BCUT2D eigenvalue weighted by Crippen LogP contribution is -2.39. The van der Waals surface area contributed by atoms with E-state index in [-0.39, 0.29) is 6.10 Å². The van der Waals surface area contributed by atoms with Crippen molar-refractivity contribution in [1.29, 1.82) is 0 Å². The number of aliphatic hydroxyl groups is 1. The molecule has 1 nitrogen and oxygen atoms in total. The molecule has 0 amide bonds. The Labute approximate surface area is 82.5 Å². The Hall–Kier alpha value is -0.0400. The minimum atomic E-state index is -0.0259. The largest absolute Gasteiger partial charge is 0.393 e. The number of hydrogen-bond donors (Lipinski definition) is 1. The van der Waals surface area contributed by atoms with Gasteiger partial charge in [0.05, 0.1) is 6.10 Å². The Morgan fingerprint density at radius 2 is 1.69 bits per heavy atom. The van der Waals surface area contributed by atoms with E-state index in [0.29, 0.717) is 10.8 Å². The van der Waals surface area contributed by atoms with Crippen molar-refractivity contribution in [2.45, 2.75) is 65.9 Å². The van der Waals surface area contributed by atoms with Crippen LogP contribution in [0, 0.1) is 10.8 Å². The molecule has 0 aromatic carbocycles. The molecule has 1 aliphatic rings. The first-order valence-corrected chi connectivity index (χ1v) is 5.59. The second-order valence-electron chi connectivity index (χ2n) is 5.62. The summed E-state index contributed by atoms with van der Waals surface area (Å²) in [4.78, 5) is 0. The molecule has 0 aliphatic heterocycles. The Kier molecular flexibility index (Phi) is 3.06. The van der Waals surface area contributed by atoms with E-state index in [1.807, 2.05) is 0 Å². The van der Waals surface area contributed by atoms with Crippen molar-refractivity contribution in [2.75, 3.05) is 0 Å². The van der Waals surface area contributed by atoms with Crippen molar-refractivity contribution in [2.24, 2.45) is 10.8 Å². The maximum atomic E-state index is 9.50. The Morgan fingerprint density at radius 3 is 2.00 bits per heavy atom. The molecule has 1 rings (SSSR count). The fourth-order valence-electron chi connectivity index (χ4n) is 2.79. The first kappa shape index (κ1) is 11.0. The Morgan fingerprint density at radius 1 is 1.23 bits per heavy atom. The van der Waals surface area contributed by atoms with Crippen LogP contribution in [-0.2, 0) is 0 Å². The van der Waals surface area contributed by atoms with Gasteiger partial charge in [-0.2, -0.15) is 0 Å². The summed E-state index contributed by atoms with van der Waals surface area (Å²) in [5.41, 5.74) is 0.869. The van der Waals surface area contributed by atoms with Crippen LogP contribution in [-0.4, -0.2) is 11.2 Å². The summed E-state index contributed by atoms with van der Waals surface area (Å²) in [6, 6.07) is 0. The highest BCUT2D eigenvalue weighted by Gasteiger charge is 2.42. The van der Waals surface area contributed by atoms with Crippen LogP contribution in [0.2, 0.25) is 0 Å². The normalized spacial score (nSPS) is 36.2. The zero-order valence-electron chi connectivity index (χ0n) is 9.56. The molecule has 0 aromatic heterocycles. The zero-order valence-corrected chi connectivity index (χ0v) is 9.56. The first-order chi connectivity index (χ1) is 5.91. The van der Waals surface area contributed by atoms with Crippen LogP contribution < -0.4 is 0 Å². The van der Waals surface area contributed by atoms with Crippen LogP contribution in [0.1, 0.15) is 59.8 Å². The molecule has 0 atom stereocenters. The van der Waals surface area contributed by atoms with Gasteiger partial charge in [-0.25, -0.2) is 0 Å². The molecular weight excluding hydrogens is 160 g/mol. The Bertz CT molecular complexity index is 158. The molecule has 0 unspecified atom stereocenters. The first-order valence-electron chi connectivity index (χ1n) is 5.59. The van der Waals surface area contributed by atoms with E-state index < -0.39 is 0 Å². The van der Waals surface area contributed by atoms with E-state index in [1.54, 1.807) is 0 Å². The molecule has 0 radical (unpaired) electrons. The average Bonchev–Trinajstić information content (AvgIpc) is 2.04. The summed E-state index contributed by atoms with van der Waals surface area (Å²) >= 11 is 0. The summed E-state index contributed by atoms with van der Waals surface area (Å²) < 4.78 is 0. The minimum Gasteiger partial charge on any atom is -0.393 e. The van der Waals surface area contributed by atoms with Crippen molar-refractivity contribution in [1.82, 2.24) is 0 Å². The van der Waals surface area contributed by atoms with Crippen molar-refractivity contribution < 1.29 is 5.11 Å². The van der Waals surface area contributed by atoms with Crippen LogP contribution in [0.3, 0.4) is 0 Å². The SMILES string of the molecule is CCC1(C(C)(C)C)CCC(O)CC1. The molecule has 13 heavy (non-hydrogen) atoms. The summed E-state index contributed by atoms with van der Waals surface area (Å²) in [5, 5.41) is 9.50. The molecule has 1 aliphatic carbocycles. The minimum absolute atomic E-state index is 0.0259. The van der Waals surface area contributed by atoms with Crippen LogP contribution in [0.5, 0.6) is 0 Å². The molecule has 0 heterocycles. The lowest BCUT2D eigenvalue weighted by molar-refractivity contribution is -0.0117. The predicted molar refractivity (Wildman–Crippen MR) is 56.7 cm³/mol. The third-order valence-corrected chi connectivity index (χ3v) is 4.18. The van der Waals surface area contributed by atoms with E-state index in [9.17, 15) is 5.11 Å². The second-order valence-corrected chi connectivity index (χ2v) is 5.62. The number of hydrogen-bond acceptors (Lipinski definition) is 1. The molecule has 78 valence electrons. The van der Waals surface area contributed by atoms with Gasteiger partial charge in [-0.05, 0) is 42.9 Å². The van der Waals surface area contributed by atoms with Gasteiger partial charge in [0.2, 0.25) is 0 Å². The molecule has 1 saturated carbocycles. The maximum Gasteiger partial charge on any atom is 0.0540 e. The molecule has 0 spiro atoms. The van der Waals surface area contributed by atoms with Crippen LogP contribution in [0.4, 0.5) is 0 Å². The fraction of sp³-hybridized carbons (Fsp3) is 1.00. The third kappa shape index (κ3) is 2.07. The highest BCUT2D eigenvalue weighted by molar-refractivity contribution is 4.93. The van der Waals surface area contributed by atoms with E-state index in [2.05, 4.69) is 27.7 Å². The van der Waals surface area contributed by atoms with Gasteiger partial charge in [-0.15, -0.1) is 0 Å². The predicted octanol–water partition coefficient (Wildman–Crippen LogP) is 3.36. The standard InChI is InChI=1S/C12H24O/c1-5-12(11(2,3)4)8-6-10(13)7-9-12/h10,13H,5-9H2,1-4H3. The average molecular weight is 184 g/mol. The van der Waals surface area contributed by atoms with Gasteiger partial charge in [0, 0.05) is 0 Å². The molecular formula is C12H24O. The third-order valence-electron chi connectivity index (χ3n) is 4.18. The van der Waals surface area contributed by atoms with Crippen molar-refractivity contribution in [3.63, 3.8) is 0 Å². The van der Waals surface area contributed by atoms with Gasteiger partial charge in [0.1, 0.15) is 0 Å². The quantitative estimate of drug-likeness (QED) is 0.662. The fourth-order valence-corrected chi connectivity index (χ4v) is 2.79. The summed E-state index contributed by atoms with van der Waals surface area (Å²) in [5.74, 6) is 0. The van der Waals surface area contributed by atoms with Gasteiger partial charge < -0.3 is 5.11 Å². The van der Waals surface area contributed by atoms with Crippen molar-refractivity contribution >= 4 is 0 Å². The van der Waals surface area contributed by atoms with E-state index in [1.165, 1.54) is 19.3 Å². The molecule has 0 saturated heterocycles. The van der Waals surface area contributed by atoms with Crippen molar-refractivity contribution in [3.05, 3.63) is 0 Å². The molecule has 0 bridgehead atoms. The number of aliphatic hydroxyl groups excluding tert-OH is 1. The van der Waals surface area contributed by atoms with Crippen LogP contribution in [0.15, 0.2) is 0 Å². The monoisotopic (exact) mass is 184 g/mol. The smallest absolute Gasteiger partial charge is 0.0540 e. The van der Waals surface area contributed by atoms with Gasteiger partial charge >= 0.3 is 0 Å². The lowest BCUT2D eigenvalue weighted by atomic mass is 9.58. The van der Waals surface area contributed by atoms with Crippen LogP contribution in [0.25, 0.3) is 0 Å². The molecule has 1 heteroatoms.